The molecule has 0 aliphatic heterocycles. The monoisotopic (exact) mass is 275 g/mol. The van der Waals surface area contributed by atoms with E-state index in [1.165, 1.54) is 0 Å². The lowest BCUT2D eigenvalue weighted by molar-refractivity contribution is -0.135. The zero-order valence-corrected chi connectivity index (χ0v) is 10.5. The minimum absolute atomic E-state index is 0.000379. The van der Waals surface area contributed by atoms with Gasteiger partial charge >= 0.3 is 6.18 Å². The van der Waals surface area contributed by atoms with E-state index in [2.05, 4.69) is 9.97 Å². The Morgan fingerprint density at radius 1 is 1.39 bits per heavy atom. The number of imidazole rings is 1. The highest BCUT2D eigenvalue weighted by Crippen LogP contribution is 2.22. The number of aromatic nitrogens is 3. The number of aromatic amines is 1. The maximum Gasteiger partial charge on any atom is 0.389 e. The highest BCUT2D eigenvalue weighted by molar-refractivity contribution is 7.71. The summed E-state index contributed by atoms with van der Waals surface area (Å²) >= 11 is 5.09. The Morgan fingerprint density at radius 3 is 2.78 bits per heavy atom. The van der Waals surface area contributed by atoms with Gasteiger partial charge in [0, 0.05) is 18.7 Å². The molecule has 0 fully saturated rings. The van der Waals surface area contributed by atoms with Crippen molar-refractivity contribution in [1.29, 1.82) is 0 Å². The number of halogens is 3. The molecule has 18 heavy (non-hydrogen) atoms. The van der Waals surface area contributed by atoms with Gasteiger partial charge in [-0.25, -0.2) is 4.98 Å². The number of fused-ring (bicyclic) bond motifs is 1. The summed E-state index contributed by atoms with van der Waals surface area (Å²) in [7, 11) is 0. The first-order chi connectivity index (χ1) is 8.37. The van der Waals surface area contributed by atoms with Crippen LogP contribution in [-0.4, -0.2) is 20.7 Å². The van der Waals surface area contributed by atoms with Gasteiger partial charge in [-0.15, -0.1) is 0 Å². The second-order valence-electron chi connectivity index (χ2n) is 4.12. The third kappa shape index (κ3) is 2.90. The smallest absolute Gasteiger partial charge is 0.329 e. The molecule has 2 heterocycles. The molecule has 2 aromatic heterocycles. The standard InChI is InChI=1S/C11H12F3N3S/c1-7-3-4-8-9(15-7)17(10(18)16-8)6-2-5-11(12,13)14/h3-4H,2,5-6H2,1H3,(H,16,18). The zero-order valence-electron chi connectivity index (χ0n) is 9.71. The minimum atomic E-state index is -4.13. The summed E-state index contributed by atoms with van der Waals surface area (Å²) in [6, 6.07) is 3.65. The van der Waals surface area contributed by atoms with Crippen molar-refractivity contribution < 1.29 is 13.2 Å². The molecule has 1 N–H and O–H groups in total. The summed E-state index contributed by atoms with van der Waals surface area (Å²) in [6.45, 7) is 2.05. The number of nitrogens with one attached hydrogen (secondary N) is 1. The van der Waals surface area contributed by atoms with Crippen molar-refractivity contribution in [1.82, 2.24) is 14.5 Å². The molecule has 0 spiro atoms. The molecular weight excluding hydrogens is 263 g/mol. The Morgan fingerprint density at radius 2 is 2.11 bits per heavy atom. The van der Waals surface area contributed by atoms with Crippen LogP contribution < -0.4 is 0 Å². The molecule has 0 radical (unpaired) electrons. The topological polar surface area (TPSA) is 33.6 Å². The fraction of sp³-hybridized carbons (Fsp3) is 0.455. The van der Waals surface area contributed by atoms with E-state index in [9.17, 15) is 13.2 Å². The van der Waals surface area contributed by atoms with Gasteiger partial charge in [-0.05, 0) is 37.7 Å². The summed E-state index contributed by atoms with van der Waals surface area (Å²) in [5.41, 5.74) is 2.17. The van der Waals surface area contributed by atoms with Gasteiger partial charge in [-0.2, -0.15) is 13.2 Å². The van der Waals surface area contributed by atoms with Crippen LogP contribution in [0.3, 0.4) is 0 Å². The van der Waals surface area contributed by atoms with E-state index in [-0.39, 0.29) is 13.0 Å². The van der Waals surface area contributed by atoms with Crippen molar-refractivity contribution in [2.24, 2.45) is 0 Å². The van der Waals surface area contributed by atoms with Gasteiger partial charge < -0.3 is 9.55 Å². The normalized spacial score (nSPS) is 12.2. The van der Waals surface area contributed by atoms with Crippen LogP contribution in [0.1, 0.15) is 18.5 Å². The Hall–Kier alpha value is -1.37. The predicted octanol–water partition coefficient (Wildman–Crippen LogP) is 3.74. The van der Waals surface area contributed by atoms with Crippen LogP contribution in [0.4, 0.5) is 13.2 Å². The van der Waals surface area contributed by atoms with Gasteiger partial charge in [0.25, 0.3) is 0 Å². The minimum Gasteiger partial charge on any atom is -0.329 e. The van der Waals surface area contributed by atoms with Crippen LogP contribution in [0.25, 0.3) is 11.2 Å². The predicted molar refractivity (Wildman–Crippen MR) is 64.9 cm³/mol. The van der Waals surface area contributed by atoms with Gasteiger partial charge in [0.05, 0.1) is 5.52 Å². The van der Waals surface area contributed by atoms with Crippen molar-refractivity contribution in [3.63, 3.8) is 0 Å². The third-order valence-electron chi connectivity index (χ3n) is 2.60. The van der Waals surface area contributed by atoms with Crippen LogP contribution in [-0.2, 0) is 6.54 Å². The molecule has 98 valence electrons. The second kappa shape index (κ2) is 4.72. The molecule has 0 saturated carbocycles. The fourth-order valence-corrected chi connectivity index (χ4v) is 2.06. The van der Waals surface area contributed by atoms with E-state index in [1.54, 1.807) is 4.57 Å². The Bertz CT molecular complexity index is 612. The Kier molecular flexibility index (Phi) is 3.43. The van der Waals surface area contributed by atoms with Crippen molar-refractivity contribution in [2.45, 2.75) is 32.5 Å². The van der Waals surface area contributed by atoms with Crippen molar-refractivity contribution in [3.8, 4) is 0 Å². The van der Waals surface area contributed by atoms with Crippen LogP contribution >= 0.6 is 12.2 Å². The zero-order chi connectivity index (χ0) is 13.3. The van der Waals surface area contributed by atoms with Crippen LogP contribution in [0.5, 0.6) is 0 Å². The summed E-state index contributed by atoms with van der Waals surface area (Å²) < 4.78 is 38.3. The van der Waals surface area contributed by atoms with Crippen molar-refractivity contribution in [2.75, 3.05) is 0 Å². The van der Waals surface area contributed by atoms with E-state index >= 15 is 0 Å². The maximum absolute atomic E-state index is 12.1. The van der Waals surface area contributed by atoms with Crippen LogP contribution in [0, 0.1) is 11.7 Å². The molecule has 0 saturated heterocycles. The quantitative estimate of drug-likeness (QED) is 0.866. The third-order valence-corrected chi connectivity index (χ3v) is 2.92. The maximum atomic E-state index is 12.1. The molecule has 2 rings (SSSR count). The first kappa shape index (κ1) is 13.1. The van der Waals surface area contributed by atoms with E-state index in [0.717, 1.165) is 11.2 Å². The van der Waals surface area contributed by atoms with Gasteiger partial charge in [-0.1, -0.05) is 0 Å². The fourth-order valence-electron chi connectivity index (χ4n) is 1.77. The first-order valence-electron chi connectivity index (χ1n) is 5.50. The lowest BCUT2D eigenvalue weighted by Crippen LogP contribution is -2.09. The lowest BCUT2D eigenvalue weighted by Gasteiger charge is -2.07. The molecule has 7 heteroatoms. The molecule has 0 aliphatic carbocycles. The highest BCUT2D eigenvalue weighted by Gasteiger charge is 2.26. The largest absolute Gasteiger partial charge is 0.389 e. The molecule has 3 nitrogen and oxygen atoms in total. The van der Waals surface area contributed by atoms with Crippen molar-refractivity contribution in [3.05, 3.63) is 22.6 Å². The Labute approximate surface area is 107 Å². The molecule has 2 aromatic rings. The Balaban J connectivity index is 2.25. The van der Waals surface area contributed by atoms with E-state index in [0.29, 0.717) is 10.4 Å². The average Bonchev–Trinajstić information content (AvgIpc) is 2.54. The molecular formula is C11H12F3N3S. The summed E-state index contributed by atoms with van der Waals surface area (Å²) in [6.07, 6.45) is -4.94. The van der Waals surface area contributed by atoms with Gasteiger partial charge in [0.2, 0.25) is 0 Å². The highest BCUT2D eigenvalue weighted by atomic mass is 32.1. The molecule has 0 aromatic carbocycles. The second-order valence-corrected chi connectivity index (χ2v) is 4.51. The summed E-state index contributed by atoms with van der Waals surface area (Å²) in [5, 5.41) is 0. The van der Waals surface area contributed by atoms with E-state index in [1.807, 2.05) is 19.1 Å². The summed E-state index contributed by atoms with van der Waals surface area (Å²) in [4.78, 5) is 7.23. The molecule has 0 amide bonds. The lowest BCUT2D eigenvalue weighted by atomic mass is 10.3. The number of H-pyrrole nitrogens is 1. The SMILES string of the molecule is Cc1ccc2[nH]c(=S)n(CCCC(F)(F)F)c2n1. The number of rotatable bonds is 3. The number of hydrogen-bond donors (Lipinski definition) is 1. The van der Waals surface area contributed by atoms with Gasteiger partial charge in [0.15, 0.2) is 10.4 Å². The van der Waals surface area contributed by atoms with Crippen LogP contribution in [0.15, 0.2) is 12.1 Å². The molecule has 0 bridgehead atoms. The molecule has 0 unspecified atom stereocenters. The van der Waals surface area contributed by atoms with Gasteiger partial charge in [0.1, 0.15) is 0 Å². The molecule has 0 aliphatic rings. The van der Waals surface area contributed by atoms with Crippen molar-refractivity contribution >= 4 is 23.4 Å². The summed E-state index contributed by atoms with van der Waals surface area (Å²) in [5.74, 6) is 0. The average molecular weight is 275 g/mol. The van der Waals surface area contributed by atoms with Gasteiger partial charge in [-0.3, -0.25) is 0 Å². The van der Waals surface area contributed by atoms with E-state index < -0.39 is 12.6 Å². The number of nitrogens with zero attached hydrogens (tertiary/aromatic N) is 2. The number of hydrogen-bond acceptors (Lipinski definition) is 2. The van der Waals surface area contributed by atoms with Crippen LogP contribution in [0.2, 0.25) is 0 Å². The molecule has 0 atom stereocenters. The number of alkyl halides is 3. The number of aryl methyl sites for hydroxylation is 2. The first-order valence-corrected chi connectivity index (χ1v) is 5.90. The van der Waals surface area contributed by atoms with E-state index in [4.69, 9.17) is 12.2 Å². The number of pyridine rings is 1.